The highest BCUT2D eigenvalue weighted by molar-refractivity contribution is 9.11. The number of halogens is 4. The third-order valence-electron chi connectivity index (χ3n) is 3.08. The van der Waals surface area contributed by atoms with Gasteiger partial charge in [-0.2, -0.15) is 0 Å². The third kappa shape index (κ3) is 6.06. The summed E-state index contributed by atoms with van der Waals surface area (Å²) in [6, 6.07) is 10.8. The van der Waals surface area contributed by atoms with Crippen LogP contribution in [0.5, 0.6) is 0 Å². The van der Waals surface area contributed by atoms with Crippen LogP contribution in [0, 0.1) is 0 Å². The summed E-state index contributed by atoms with van der Waals surface area (Å²) in [5.41, 5.74) is 1.39. The van der Waals surface area contributed by atoms with Gasteiger partial charge in [0.2, 0.25) is 5.91 Å². The second kappa shape index (κ2) is 9.12. The van der Waals surface area contributed by atoms with E-state index in [1.807, 2.05) is 18.2 Å². The molecule has 2 amide bonds. The lowest BCUT2D eigenvalue weighted by Crippen LogP contribution is -2.20. The third-order valence-corrected chi connectivity index (χ3v) is 5.38. The molecule has 0 saturated heterocycles. The molecule has 2 aromatic rings. The molecular weight excluding hydrogens is 584 g/mol. The van der Waals surface area contributed by atoms with Crippen LogP contribution in [0.1, 0.15) is 6.42 Å². The molecule has 8 heteroatoms. The maximum absolute atomic E-state index is 12.2. The molecule has 0 atom stereocenters. The standard InChI is InChI=1S/C17H12Br4N2O2/c1-9(17(25)23-15-5-3-11(19)8-13(15)21)6-16(24)22-14-4-2-10(18)7-12(14)20/h2-5,7-8H,1,6H2,(H,22,24)(H,23,25). The van der Waals surface area contributed by atoms with Gasteiger partial charge >= 0.3 is 0 Å². The zero-order valence-corrected chi connectivity index (χ0v) is 19.1. The van der Waals surface area contributed by atoms with Crippen LogP contribution in [0.3, 0.4) is 0 Å². The van der Waals surface area contributed by atoms with Crippen molar-refractivity contribution >= 4 is 86.9 Å². The van der Waals surface area contributed by atoms with Gasteiger partial charge in [-0.1, -0.05) is 38.4 Å². The molecule has 0 aliphatic heterocycles. The van der Waals surface area contributed by atoms with Gasteiger partial charge in [0.05, 0.1) is 17.8 Å². The Morgan fingerprint density at radius 3 is 1.80 bits per heavy atom. The van der Waals surface area contributed by atoms with Crippen molar-refractivity contribution in [1.82, 2.24) is 0 Å². The maximum Gasteiger partial charge on any atom is 0.251 e. The Kier molecular flexibility index (Phi) is 7.42. The van der Waals surface area contributed by atoms with E-state index in [0.29, 0.717) is 11.4 Å². The Labute approximate surface area is 179 Å². The zero-order valence-electron chi connectivity index (χ0n) is 12.7. The molecule has 2 aromatic carbocycles. The Bertz CT molecular complexity index is 853. The Morgan fingerprint density at radius 2 is 1.32 bits per heavy atom. The minimum atomic E-state index is -0.409. The van der Waals surface area contributed by atoms with E-state index in [1.165, 1.54) is 0 Å². The number of carbonyl (C=O) groups excluding carboxylic acids is 2. The summed E-state index contributed by atoms with van der Waals surface area (Å²) in [7, 11) is 0. The molecule has 25 heavy (non-hydrogen) atoms. The number of anilines is 2. The van der Waals surface area contributed by atoms with Gasteiger partial charge in [-0.25, -0.2) is 0 Å². The lowest BCUT2D eigenvalue weighted by molar-refractivity contribution is -0.118. The topological polar surface area (TPSA) is 58.2 Å². The zero-order chi connectivity index (χ0) is 18.6. The average molecular weight is 596 g/mol. The molecule has 2 N–H and O–H groups in total. The quantitative estimate of drug-likeness (QED) is 0.401. The number of nitrogens with one attached hydrogen (secondary N) is 2. The Balaban J connectivity index is 1.96. The van der Waals surface area contributed by atoms with Crippen molar-refractivity contribution in [2.45, 2.75) is 6.42 Å². The van der Waals surface area contributed by atoms with Crippen molar-refractivity contribution in [2.75, 3.05) is 10.6 Å². The summed E-state index contributed by atoms with van der Waals surface area (Å²) >= 11 is 13.4. The summed E-state index contributed by atoms with van der Waals surface area (Å²) in [6.07, 6.45) is -0.109. The highest BCUT2D eigenvalue weighted by atomic mass is 79.9. The van der Waals surface area contributed by atoms with Gasteiger partial charge in [-0.15, -0.1) is 0 Å². The fraction of sp³-hybridized carbons (Fsp3) is 0.0588. The normalized spacial score (nSPS) is 10.2. The van der Waals surface area contributed by atoms with E-state index < -0.39 is 5.91 Å². The van der Waals surface area contributed by atoms with Crippen molar-refractivity contribution in [2.24, 2.45) is 0 Å². The first-order chi connectivity index (χ1) is 11.8. The summed E-state index contributed by atoms with van der Waals surface area (Å²) in [6.45, 7) is 3.70. The lowest BCUT2D eigenvalue weighted by atomic mass is 10.2. The Morgan fingerprint density at radius 1 is 0.840 bits per heavy atom. The number of carbonyl (C=O) groups is 2. The second-order valence-corrected chi connectivity index (χ2v) is 8.57. The largest absolute Gasteiger partial charge is 0.325 e. The van der Waals surface area contributed by atoms with E-state index in [4.69, 9.17) is 0 Å². The van der Waals surface area contributed by atoms with Crippen molar-refractivity contribution in [3.8, 4) is 0 Å². The highest BCUT2D eigenvalue weighted by Gasteiger charge is 2.14. The first kappa shape index (κ1) is 20.4. The predicted octanol–water partition coefficient (Wildman–Crippen LogP) is 6.26. The molecule has 0 spiro atoms. The van der Waals surface area contributed by atoms with E-state index in [9.17, 15) is 9.59 Å². The molecule has 0 aliphatic carbocycles. The molecule has 0 heterocycles. The Hall–Kier alpha value is -0.960. The monoisotopic (exact) mass is 592 g/mol. The number of rotatable bonds is 5. The molecular formula is C17H12Br4N2O2. The van der Waals surface area contributed by atoms with E-state index >= 15 is 0 Å². The lowest BCUT2D eigenvalue weighted by Gasteiger charge is -2.11. The first-order valence-electron chi connectivity index (χ1n) is 6.95. The van der Waals surface area contributed by atoms with Crippen LogP contribution >= 0.6 is 63.7 Å². The summed E-state index contributed by atoms with van der Waals surface area (Å²) in [5, 5.41) is 5.47. The summed E-state index contributed by atoms with van der Waals surface area (Å²) < 4.78 is 3.24. The predicted molar refractivity (Wildman–Crippen MR) is 115 cm³/mol. The van der Waals surface area contributed by atoms with Crippen molar-refractivity contribution in [3.05, 3.63) is 66.4 Å². The fourth-order valence-corrected chi connectivity index (χ4v) is 4.15. The van der Waals surface area contributed by atoms with Gasteiger partial charge in [-0.3, -0.25) is 9.59 Å². The molecule has 0 bridgehead atoms. The summed E-state index contributed by atoms with van der Waals surface area (Å²) in [4.78, 5) is 24.3. The second-order valence-electron chi connectivity index (χ2n) is 5.03. The van der Waals surface area contributed by atoms with Crippen LogP contribution in [0.2, 0.25) is 0 Å². The van der Waals surface area contributed by atoms with Crippen molar-refractivity contribution < 1.29 is 9.59 Å². The highest BCUT2D eigenvalue weighted by Crippen LogP contribution is 2.28. The first-order valence-corrected chi connectivity index (χ1v) is 10.1. The van der Waals surface area contributed by atoms with Crippen molar-refractivity contribution in [3.63, 3.8) is 0 Å². The van der Waals surface area contributed by atoms with Crippen LogP contribution in [-0.2, 0) is 9.59 Å². The number of hydrogen-bond acceptors (Lipinski definition) is 2. The average Bonchev–Trinajstić information content (AvgIpc) is 2.52. The van der Waals surface area contributed by atoms with Gasteiger partial charge < -0.3 is 10.6 Å². The van der Waals surface area contributed by atoms with E-state index in [1.54, 1.807) is 18.2 Å². The molecule has 2 rings (SSSR count). The molecule has 130 valence electrons. The molecule has 0 aromatic heterocycles. The SMILES string of the molecule is C=C(CC(=O)Nc1ccc(Br)cc1Br)C(=O)Nc1ccc(Br)cc1Br. The van der Waals surface area contributed by atoms with E-state index in [-0.39, 0.29) is 17.9 Å². The van der Waals surface area contributed by atoms with Crippen LogP contribution in [0.25, 0.3) is 0 Å². The fourth-order valence-electron chi connectivity index (χ4n) is 1.86. The molecule has 0 fully saturated rings. The minimum absolute atomic E-state index is 0.109. The molecule has 0 radical (unpaired) electrons. The van der Waals surface area contributed by atoms with Crippen molar-refractivity contribution in [1.29, 1.82) is 0 Å². The van der Waals surface area contributed by atoms with Crippen LogP contribution in [0.4, 0.5) is 11.4 Å². The minimum Gasteiger partial charge on any atom is -0.325 e. The van der Waals surface area contributed by atoms with E-state index in [0.717, 1.165) is 17.9 Å². The maximum atomic E-state index is 12.2. The molecule has 0 saturated carbocycles. The number of amides is 2. The smallest absolute Gasteiger partial charge is 0.251 e. The van der Waals surface area contributed by atoms with Gasteiger partial charge in [0.15, 0.2) is 0 Å². The van der Waals surface area contributed by atoms with Gasteiger partial charge in [0.1, 0.15) is 0 Å². The van der Waals surface area contributed by atoms with Gasteiger partial charge in [0.25, 0.3) is 5.91 Å². The number of benzene rings is 2. The molecule has 4 nitrogen and oxygen atoms in total. The van der Waals surface area contributed by atoms with Crippen LogP contribution in [-0.4, -0.2) is 11.8 Å². The van der Waals surface area contributed by atoms with Crippen LogP contribution in [0.15, 0.2) is 66.4 Å². The van der Waals surface area contributed by atoms with Gasteiger partial charge in [-0.05, 0) is 68.3 Å². The molecule has 0 aliphatic rings. The van der Waals surface area contributed by atoms with Crippen LogP contribution < -0.4 is 10.6 Å². The van der Waals surface area contributed by atoms with E-state index in [2.05, 4.69) is 80.9 Å². The number of hydrogen-bond donors (Lipinski definition) is 2. The molecule has 0 unspecified atom stereocenters. The summed E-state index contributed by atoms with van der Waals surface area (Å²) in [5.74, 6) is -0.730. The van der Waals surface area contributed by atoms with Gasteiger partial charge in [0, 0.05) is 23.5 Å².